The Morgan fingerprint density at radius 3 is 2.61 bits per heavy atom. The van der Waals surface area contributed by atoms with E-state index >= 15 is 0 Å². The van der Waals surface area contributed by atoms with E-state index in [1.165, 1.54) is 17.5 Å². The second-order valence-electron chi connectivity index (χ2n) is 7.25. The van der Waals surface area contributed by atoms with E-state index in [0.29, 0.717) is 11.9 Å². The lowest BCUT2D eigenvalue weighted by Crippen LogP contribution is -2.23. The zero-order chi connectivity index (χ0) is 19.5. The van der Waals surface area contributed by atoms with Crippen LogP contribution in [0.1, 0.15) is 35.7 Å². The number of nitrogens with zero attached hydrogens (tertiary/aromatic N) is 2. The van der Waals surface area contributed by atoms with Crippen molar-refractivity contribution in [3.8, 4) is 23.0 Å². The van der Waals surface area contributed by atoms with Crippen molar-refractivity contribution in [2.75, 3.05) is 20.8 Å². The summed E-state index contributed by atoms with van der Waals surface area (Å²) in [7, 11) is 3.34. The maximum absolute atomic E-state index is 5.73. The van der Waals surface area contributed by atoms with Gasteiger partial charge in [-0.2, -0.15) is 0 Å². The molecule has 1 aliphatic heterocycles. The molecule has 4 rings (SSSR count). The molecule has 146 valence electrons. The van der Waals surface area contributed by atoms with Crippen LogP contribution in [-0.2, 0) is 6.54 Å². The van der Waals surface area contributed by atoms with Crippen LogP contribution in [0.5, 0.6) is 11.5 Å². The van der Waals surface area contributed by atoms with Crippen molar-refractivity contribution in [2.45, 2.75) is 32.4 Å². The monoisotopic (exact) mass is 378 g/mol. The Hall–Kier alpha value is -2.79. The molecule has 1 saturated heterocycles. The van der Waals surface area contributed by atoms with Gasteiger partial charge >= 0.3 is 0 Å². The molecule has 1 aliphatic rings. The highest BCUT2D eigenvalue weighted by Crippen LogP contribution is 2.37. The first kappa shape index (κ1) is 18.6. The second-order valence-corrected chi connectivity index (χ2v) is 7.25. The van der Waals surface area contributed by atoms with Crippen molar-refractivity contribution in [3.05, 3.63) is 65.5 Å². The number of aryl methyl sites for hydroxylation is 1. The lowest BCUT2D eigenvalue weighted by Gasteiger charge is -2.24. The van der Waals surface area contributed by atoms with Gasteiger partial charge in [0.2, 0.25) is 5.89 Å². The van der Waals surface area contributed by atoms with Gasteiger partial charge in [-0.15, -0.1) is 0 Å². The predicted octanol–water partition coefficient (Wildman–Crippen LogP) is 5.00. The van der Waals surface area contributed by atoms with Crippen LogP contribution in [0.15, 0.2) is 53.1 Å². The van der Waals surface area contributed by atoms with Crippen LogP contribution in [0.4, 0.5) is 0 Å². The van der Waals surface area contributed by atoms with E-state index in [1.807, 2.05) is 18.2 Å². The summed E-state index contributed by atoms with van der Waals surface area (Å²) >= 11 is 0. The summed E-state index contributed by atoms with van der Waals surface area (Å²) in [4.78, 5) is 7.17. The molecule has 1 fully saturated rings. The smallest absolute Gasteiger partial charge is 0.226 e. The molecule has 0 bridgehead atoms. The molecule has 3 aromatic rings. The SMILES string of the molecule is COc1ccc([C@@H]2CCCN2Cc2coc(-c3ccc(C)cc3)n2)cc1OC. The van der Waals surface area contributed by atoms with Crippen molar-refractivity contribution >= 4 is 0 Å². The largest absolute Gasteiger partial charge is 0.493 e. The van der Waals surface area contributed by atoms with Crippen LogP contribution in [0, 0.1) is 6.92 Å². The van der Waals surface area contributed by atoms with Crippen LogP contribution >= 0.6 is 0 Å². The van der Waals surface area contributed by atoms with Crippen LogP contribution in [-0.4, -0.2) is 30.6 Å². The van der Waals surface area contributed by atoms with E-state index in [1.54, 1.807) is 20.5 Å². The predicted molar refractivity (Wildman–Crippen MR) is 109 cm³/mol. The van der Waals surface area contributed by atoms with E-state index in [0.717, 1.165) is 42.3 Å². The average Bonchev–Trinajstić information content (AvgIpc) is 3.38. The Kier molecular flexibility index (Phi) is 5.35. The van der Waals surface area contributed by atoms with Crippen LogP contribution < -0.4 is 9.47 Å². The molecule has 5 nitrogen and oxygen atoms in total. The highest BCUT2D eigenvalue weighted by molar-refractivity contribution is 5.53. The van der Waals surface area contributed by atoms with E-state index < -0.39 is 0 Å². The zero-order valence-electron chi connectivity index (χ0n) is 16.6. The molecule has 0 spiro atoms. The summed E-state index contributed by atoms with van der Waals surface area (Å²) in [5, 5.41) is 0. The average molecular weight is 378 g/mol. The first-order valence-electron chi connectivity index (χ1n) is 9.65. The van der Waals surface area contributed by atoms with Gasteiger partial charge in [0.25, 0.3) is 0 Å². The van der Waals surface area contributed by atoms with Gasteiger partial charge in [0.15, 0.2) is 11.5 Å². The van der Waals surface area contributed by atoms with Gasteiger partial charge < -0.3 is 13.9 Å². The molecule has 0 aliphatic carbocycles. The summed E-state index contributed by atoms with van der Waals surface area (Å²) in [6.45, 7) is 3.90. The Morgan fingerprint density at radius 1 is 1.07 bits per heavy atom. The second kappa shape index (κ2) is 8.07. The summed E-state index contributed by atoms with van der Waals surface area (Å²) in [6, 6.07) is 14.8. The van der Waals surface area contributed by atoms with Gasteiger partial charge in [0, 0.05) is 18.2 Å². The van der Waals surface area contributed by atoms with Crippen molar-refractivity contribution in [1.29, 1.82) is 0 Å². The molecular weight excluding hydrogens is 352 g/mol. The van der Waals surface area contributed by atoms with Gasteiger partial charge in [-0.1, -0.05) is 23.8 Å². The van der Waals surface area contributed by atoms with Gasteiger partial charge in [-0.3, -0.25) is 4.90 Å². The molecule has 2 aromatic carbocycles. The number of rotatable bonds is 6. The number of benzene rings is 2. The van der Waals surface area contributed by atoms with E-state index in [4.69, 9.17) is 18.9 Å². The standard InChI is InChI=1S/C23H26N2O3/c1-16-6-8-17(9-7-16)23-24-19(15-28-23)14-25-12-4-5-20(25)18-10-11-21(26-2)22(13-18)27-3/h6-11,13,15,20H,4-5,12,14H2,1-3H3/t20-/m0/s1. The first-order chi connectivity index (χ1) is 13.7. The van der Waals surface area contributed by atoms with Crippen molar-refractivity contribution in [1.82, 2.24) is 9.88 Å². The Bertz CT molecular complexity index is 933. The number of ether oxygens (including phenoxy) is 2. The number of likely N-dealkylation sites (tertiary alicyclic amines) is 1. The molecule has 2 heterocycles. The fraction of sp³-hybridized carbons (Fsp3) is 0.348. The maximum atomic E-state index is 5.73. The molecule has 0 radical (unpaired) electrons. The zero-order valence-corrected chi connectivity index (χ0v) is 16.6. The number of hydrogen-bond donors (Lipinski definition) is 0. The summed E-state index contributed by atoms with van der Waals surface area (Å²) in [6.07, 6.45) is 4.07. The highest BCUT2D eigenvalue weighted by atomic mass is 16.5. The van der Waals surface area contributed by atoms with Gasteiger partial charge in [0.1, 0.15) is 6.26 Å². The Balaban J connectivity index is 1.51. The molecule has 0 unspecified atom stereocenters. The molecular formula is C23H26N2O3. The molecule has 0 amide bonds. The van der Waals surface area contributed by atoms with Crippen molar-refractivity contribution < 1.29 is 13.9 Å². The number of oxazole rings is 1. The lowest BCUT2D eigenvalue weighted by molar-refractivity contribution is 0.244. The van der Waals surface area contributed by atoms with Gasteiger partial charge in [0.05, 0.1) is 19.9 Å². The molecule has 5 heteroatoms. The van der Waals surface area contributed by atoms with Crippen molar-refractivity contribution in [3.63, 3.8) is 0 Å². The van der Waals surface area contributed by atoms with Gasteiger partial charge in [-0.25, -0.2) is 4.98 Å². The van der Waals surface area contributed by atoms with Crippen LogP contribution in [0.3, 0.4) is 0 Å². The molecule has 0 N–H and O–H groups in total. The topological polar surface area (TPSA) is 47.7 Å². The first-order valence-corrected chi connectivity index (χ1v) is 9.65. The molecule has 0 saturated carbocycles. The number of aromatic nitrogens is 1. The number of methoxy groups -OCH3 is 2. The molecule has 28 heavy (non-hydrogen) atoms. The molecule has 1 aromatic heterocycles. The Morgan fingerprint density at radius 2 is 1.86 bits per heavy atom. The minimum Gasteiger partial charge on any atom is -0.493 e. The lowest BCUT2D eigenvalue weighted by atomic mass is 10.0. The fourth-order valence-corrected chi connectivity index (χ4v) is 3.87. The quantitative estimate of drug-likeness (QED) is 0.604. The van der Waals surface area contributed by atoms with Crippen LogP contribution in [0.2, 0.25) is 0 Å². The minimum absolute atomic E-state index is 0.347. The third kappa shape index (κ3) is 3.76. The Labute approximate surface area is 165 Å². The van der Waals surface area contributed by atoms with Crippen molar-refractivity contribution in [2.24, 2.45) is 0 Å². The summed E-state index contributed by atoms with van der Waals surface area (Å²) < 4.78 is 16.6. The van der Waals surface area contributed by atoms with E-state index in [2.05, 4.69) is 36.1 Å². The van der Waals surface area contributed by atoms with E-state index in [-0.39, 0.29) is 0 Å². The molecule has 1 atom stereocenters. The maximum Gasteiger partial charge on any atom is 0.226 e. The summed E-state index contributed by atoms with van der Waals surface area (Å²) in [5.74, 6) is 2.21. The fourth-order valence-electron chi connectivity index (χ4n) is 3.87. The number of hydrogen-bond acceptors (Lipinski definition) is 5. The summed E-state index contributed by atoms with van der Waals surface area (Å²) in [5.41, 5.74) is 4.44. The van der Waals surface area contributed by atoms with Crippen LogP contribution in [0.25, 0.3) is 11.5 Å². The van der Waals surface area contributed by atoms with Gasteiger partial charge in [-0.05, 0) is 56.1 Å². The third-order valence-corrected chi connectivity index (χ3v) is 5.37. The van der Waals surface area contributed by atoms with E-state index in [9.17, 15) is 0 Å². The third-order valence-electron chi connectivity index (χ3n) is 5.37. The minimum atomic E-state index is 0.347. The highest BCUT2D eigenvalue weighted by Gasteiger charge is 2.27. The normalized spacial score (nSPS) is 17.0.